The van der Waals surface area contributed by atoms with Crippen LogP contribution in [0.1, 0.15) is 32.4 Å². The largest absolute Gasteiger partial charge is 0.319 e. The minimum absolute atomic E-state index is 0.373. The minimum Gasteiger partial charge on any atom is -0.319 e. The molecule has 0 radical (unpaired) electrons. The SMILES string of the molecule is CNCC(C)C(C)N(C)C(C)c1cccc(Cl)c1. The van der Waals surface area contributed by atoms with Gasteiger partial charge in [0, 0.05) is 17.1 Å². The zero-order valence-corrected chi connectivity index (χ0v) is 12.8. The van der Waals surface area contributed by atoms with E-state index in [0.29, 0.717) is 18.0 Å². The Kier molecular flexibility index (Phi) is 6.13. The lowest BCUT2D eigenvalue weighted by Crippen LogP contribution is -2.39. The number of benzene rings is 1. The van der Waals surface area contributed by atoms with Gasteiger partial charge in [0.25, 0.3) is 0 Å². The van der Waals surface area contributed by atoms with E-state index in [1.54, 1.807) is 0 Å². The fourth-order valence-corrected chi connectivity index (χ4v) is 2.45. The Morgan fingerprint density at radius 2 is 1.94 bits per heavy atom. The summed E-state index contributed by atoms with van der Waals surface area (Å²) >= 11 is 6.06. The number of hydrogen-bond donors (Lipinski definition) is 1. The molecule has 2 nitrogen and oxygen atoms in total. The molecule has 1 aromatic rings. The Bertz CT molecular complexity index is 367. The molecule has 1 aromatic carbocycles. The van der Waals surface area contributed by atoms with Crippen LogP contribution in [0.4, 0.5) is 0 Å². The van der Waals surface area contributed by atoms with E-state index < -0.39 is 0 Å². The molecule has 3 heteroatoms. The molecular weight excluding hydrogens is 244 g/mol. The molecule has 0 amide bonds. The van der Waals surface area contributed by atoms with Crippen molar-refractivity contribution in [1.29, 1.82) is 0 Å². The molecule has 18 heavy (non-hydrogen) atoms. The van der Waals surface area contributed by atoms with Crippen LogP contribution in [0.2, 0.25) is 5.02 Å². The number of rotatable bonds is 6. The molecule has 102 valence electrons. The zero-order valence-electron chi connectivity index (χ0n) is 12.1. The lowest BCUT2D eigenvalue weighted by atomic mass is 9.99. The quantitative estimate of drug-likeness (QED) is 0.848. The minimum atomic E-state index is 0.373. The van der Waals surface area contributed by atoms with E-state index in [4.69, 9.17) is 11.6 Å². The van der Waals surface area contributed by atoms with Crippen LogP contribution in [0.15, 0.2) is 24.3 Å². The third-order valence-electron chi connectivity index (χ3n) is 3.93. The Balaban J connectivity index is 2.74. The summed E-state index contributed by atoms with van der Waals surface area (Å²) in [6.45, 7) is 7.83. The fraction of sp³-hybridized carbons (Fsp3) is 0.600. The lowest BCUT2D eigenvalue weighted by molar-refractivity contribution is 0.151. The van der Waals surface area contributed by atoms with Crippen LogP contribution in [0.5, 0.6) is 0 Å². The van der Waals surface area contributed by atoms with Crippen LogP contribution >= 0.6 is 11.6 Å². The molecule has 0 saturated carbocycles. The Morgan fingerprint density at radius 3 is 2.50 bits per heavy atom. The van der Waals surface area contributed by atoms with Crippen molar-refractivity contribution in [3.63, 3.8) is 0 Å². The van der Waals surface area contributed by atoms with E-state index >= 15 is 0 Å². The summed E-state index contributed by atoms with van der Waals surface area (Å²) < 4.78 is 0. The summed E-state index contributed by atoms with van der Waals surface area (Å²) in [6, 6.07) is 9.03. The average molecular weight is 269 g/mol. The van der Waals surface area contributed by atoms with E-state index in [0.717, 1.165) is 11.6 Å². The van der Waals surface area contributed by atoms with Gasteiger partial charge in [0.05, 0.1) is 0 Å². The molecule has 0 aliphatic heterocycles. The normalized spacial score (nSPS) is 16.6. The summed E-state index contributed by atoms with van der Waals surface area (Å²) in [5.74, 6) is 0.613. The molecule has 0 aliphatic rings. The van der Waals surface area contributed by atoms with E-state index in [2.05, 4.69) is 50.2 Å². The Hall–Kier alpha value is -0.570. The molecule has 1 rings (SSSR count). The van der Waals surface area contributed by atoms with Gasteiger partial charge in [-0.1, -0.05) is 30.7 Å². The Labute approximate surface area is 116 Å². The second-order valence-electron chi connectivity index (χ2n) is 5.17. The van der Waals surface area contributed by atoms with Crippen LogP contribution in [-0.2, 0) is 0 Å². The van der Waals surface area contributed by atoms with Gasteiger partial charge in [-0.2, -0.15) is 0 Å². The second kappa shape index (κ2) is 7.13. The summed E-state index contributed by atoms with van der Waals surface area (Å²) in [7, 11) is 4.19. The van der Waals surface area contributed by atoms with Gasteiger partial charge in [0.1, 0.15) is 0 Å². The molecule has 0 heterocycles. The smallest absolute Gasteiger partial charge is 0.0409 e. The average Bonchev–Trinajstić information content (AvgIpc) is 2.36. The molecule has 0 aliphatic carbocycles. The van der Waals surface area contributed by atoms with Gasteiger partial charge in [-0.3, -0.25) is 4.90 Å². The molecular formula is C15H25ClN2. The maximum Gasteiger partial charge on any atom is 0.0409 e. The zero-order chi connectivity index (χ0) is 13.7. The molecule has 3 unspecified atom stereocenters. The van der Waals surface area contributed by atoms with Crippen molar-refractivity contribution in [2.45, 2.75) is 32.9 Å². The van der Waals surface area contributed by atoms with Crippen molar-refractivity contribution < 1.29 is 0 Å². The molecule has 0 bridgehead atoms. The number of nitrogens with zero attached hydrogens (tertiary/aromatic N) is 1. The highest BCUT2D eigenvalue weighted by Gasteiger charge is 2.21. The first-order chi connectivity index (χ1) is 8.47. The molecule has 0 spiro atoms. The number of hydrogen-bond acceptors (Lipinski definition) is 2. The van der Waals surface area contributed by atoms with Crippen molar-refractivity contribution in [1.82, 2.24) is 10.2 Å². The molecule has 0 saturated heterocycles. The van der Waals surface area contributed by atoms with Gasteiger partial charge in [-0.25, -0.2) is 0 Å². The maximum absolute atomic E-state index is 6.06. The van der Waals surface area contributed by atoms with Crippen LogP contribution in [0.25, 0.3) is 0 Å². The van der Waals surface area contributed by atoms with Crippen molar-refractivity contribution in [2.75, 3.05) is 20.6 Å². The third kappa shape index (κ3) is 3.98. The highest BCUT2D eigenvalue weighted by molar-refractivity contribution is 6.30. The second-order valence-corrected chi connectivity index (χ2v) is 5.61. The van der Waals surface area contributed by atoms with E-state index in [9.17, 15) is 0 Å². The summed E-state index contributed by atoms with van der Waals surface area (Å²) in [4.78, 5) is 2.41. The van der Waals surface area contributed by atoms with Crippen LogP contribution in [-0.4, -0.2) is 31.6 Å². The van der Waals surface area contributed by atoms with Gasteiger partial charge in [-0.15, -0.1) is 0 Å². The predicted octanol–water partition coefficient (Wildman–Crippen LogP) is 3.58. The van der Waals surface area contributed by atoms with Gasteiger partial charge >= 0.3 is 0 Å². The van der Waals surface area contributed by atoms with Crippen molar-refractivity contribution in [3.8, 4) is 0 Å². The molecule has 0 aromatic heterocycles. The first-order valence-corrected chi connectivity index (χ1v) is 6.97. The third-order valence-corrected chi connectivity index (χ3v) is 4.17. The fourth-order valence-electron chi connectivity index (χ4n) is 2.25. The first kappa shape index (κ1) is 15.5. The van der Waals surface area contributed by atoms with Crippen molar-refractivity contribution >= 4 is 11.6 Å². The number of halogens is 1. The van der Waals surface area contributed by atoms with Crippen LogP contribution in [0.3, 0.4) is 0 Å². The van der Waals surface area contributed by atoms with Crippen LogP contribution < -0.4 is 5.32 Å². The van der Waals surface area contributed by atoms with Gasteiger partial charge in [0.15, 0.2) is 0 Å². The highest BCUT2D eigenvalue weighted by atomic mass is 35.5. The van der Waals surface area contributed by atoms with Gasteiger partial charge in [0.2, 0.25) is 0 Å². The first-order valence-electron chi connectivity index (χ1n) is 6.59. The molecule has 0 fully saturated rings. The molecule has 1 N–H and O–H groups in total. The van der Waals surface area contributed by atoms with E-state index in [-0.39, 0.29) is 0 Å². The lowest BCUT2D eigenvalue weighted by Gasteiger charge is -2.35. The van der Waals surface area contributed by atoms with Crippen molar-refractivity contribution in [3.05, 3.63) is 34.9 Å². The van der Waals surface area contributed by atoms with Crippen LogP contribution in [0, 0.1) is 5.92 Å². The van der Waals surface area contributed by atoms with Crippen molar-refractivity contribution in [2.24, 2.45) is 5.92 Å². The standard InChI is InChI=1S/C15H25ClN2/c1-11(10-17-4)12(2)18(5)13(3)14-7-6-8-15(16)9-14/h6-9,11-13,17H,10H2,1-5H3. The number of nitrogens with one attached hydrogen (secondary N) is 1. The topological polar surface area (TPSA) is 15.3 Å². The monoisotopic (exact) mass is 268 g/mol. The summed E-state index contributed by atoms with van der Waals surface area (Å²) in [5, 5.41) is 4.05. The Morgan fingerprint density at radius 1 is 1.28 bits per heavy atom. The van der Waals surface area contributed by atoms with E-state index in [1.165, 1.54) is 5.56 Å². The highest BCUT2D eigenvalue weighted by Crippen LogP contribution is 2.25. The van der Waals surface area contributed by atoms with Gasteiger partial charge in [-0.05, 0) is 58.1 Å². The molecule has 3 atom stereocenters. The summed E-state index contributed by atoms with van der Waals surface area (Å²) in [5.41, 5.74) is 1.27. The predicted molar refractivity (Wildman–Crippen MR) is 80.2 cm³/mol. The maximum atomic E-state index is 6.06. The van der Waals surface area contributed by atoms with E-state index in [1.807, 2.05) is 19.2 Å². The van der Waals surface area contributed by atoms with Gasteiger partial charge < -0.3 is 5.32 Å². The summed E-state index contributed by atoms with van der Waals surface area (Å²) in [6.07, 6.45) is 0.